The Morgan fingerprint density at radius 2 is 1.68 bits per heavy atom. The van der Waals surface area contributed by atoms with E-state index >= 15 is 0 Å². The molecular weight excluding hydrogens is 400 g/mol. The summed E-state index contributed by atoms with van der Waals surface area (Å²) in [5, 5.41) is 23.0. The average Bonchev–Trinajstić information content (AvgIpc) is 2.80. The van der Waals surface area contributed by atoms with E-state index < -0.39 is 0 Å². The predicted octanol–water partition coefficient (Wildman–Crippen LogP) is 2.84. The zero-order chi connectivity index (χ0) is 22.6. The summed E-state index contributed by atoms with van der Waals surface area (Å²) in [5.41, 5.74) is 1.68. The fraction of sp³-hybridized carbons (Fsp3) is 0.455. The minimum Gasteiger partial charge on any atom is -0.493 e. The molecule has 31 heavy (non-hydrogen) atoms. The van der Waals surface area contributed by atoms with E-state index in [4.69, 9.17) is 14.6 Å². The summed E-state index contributed by atoms with van der Waals surface area (Å²) in [6.45, 7) is 6.98. The predicted molar refractivity (Wildman–Crippen MR) is 123 cm³/mol. The zero-order valence-corrected chi connectivity index (χ0v) is 18.4. The van der Waals surface area contributed by atoms with Gasteiger partial charge in [-0.25, -0.2) is 0 Å². The Hall–Kier alpha value is -3.04. The SMILES string of the molecule is CCNc1cc(N2CCN(CCO)CC2)ccc1[N+](=O)[O-].COc1ccccc1OC. The number of aliphatic hydroxyl groups excluding tert-OH is 1. The number of aliphatic hydroxyl groups is 1. The second-order valence-corrected chi connectivity index (χ2v) is 6.90. The molecule has 2 aromatic carbocycles. The summed E-state index contributed by atoms with van der Waals surface area (Å²) in [5.74, 6) is 1.54. The third kappa shape index (κ3) is 7.01. The first-order valence-electron chi connectivity index (χ1n) is 10.3. The number of nitrogens with one attached hydrogen (secondary N) is 1. The Balaban J connectivity index is 0.000000285. The van der Waals surface area contributed by atoms with E-state index in [1.165, 1.54) is 0 Å². The van der Waals surface area contributed by atoms with Crippen molar-refractivity contribution < 1.29 is 19.5 Å². The van der Waals surface area contributed by atoms with Crippen LogP contribution in [0, 0.1) is 10.1 Å². The Kier molecular flexibility index (Phi) is 9.86. The Morgan fingerprint density at radius 3 is 2.16 bits per heavy atom. The van der Waals surface area contributed by atoms with E-state index in [0.29, 0.717) is 18.8 Å². The minimum absolute atomic E-state index is 0.111. The quantitative estimate of drug-likeness (QED) is 0.485. The van der Waals surface area contributed by atoms with Crippen LogP contribution >= 0.6 is 0 Å². The highest BCUT2D eigenvalue weighted by atomic mass is 16.6. The van der Waals surface area contributed by atoms with Crippen LogP contribution in [-0.2, 0) is 0 Å². The Bertz CT molecular complexity index is 802. The van der Waals surface area contributed by atoms with Crippen molar-refractivity contribution in [1.82, 2.24) is 4.90 Å². The minimum atomic E-state index is -0.360. The molecule has 0 bridgehead atoms. The topological polar surface area (TPSA) is 100 Å². The normalized spacial score (nSPS) is 13.7. The highest BCUT2D eigenvalue weighted by molar-refractivity contribution is 5.69. The van der Waals surface area contributed by atoms with Gasteiger partial charge in [-0.05, 0) is 31.2 Å². The number of rotatable bonds is 8. The molecule has 1 aliphatic heterocycles. The summed E-state index contributed by atoms with van der Waals surface area (Å²) in [7, 11) is 3.25. The number of ether oxygens (including phenoxy) is 2. The summed E-state index contributed by atoms with van der Waals surface area (Å²) < 4.78 is 10.0. The van der Waals surface area contributed by atoms with Gasteiger partial charge >= 0.3 is 0 Å². The second-order valence-electron chi connectivity index (χ2n) is 6.90. The van der Waals surface area contributed by atoms with Crippen molar-refractivity contribution in [2.24, 2.45) is 0 Å². The first kappa shape index (κ1) is 24.2. The molecule has 1 heterocycles. The van der Waals surface area contributed by atoms with Gasteiger partial charge < -0.3 is 24.8 Å². The number of hydrogen-bond donors (Lipinski definition) is 2. The highest BCUT2D eigenvalue weighted by Crippen LogP contribution is 2.30. The highest BCUT2D eigenvalue weighted by Gasteiger charge is 2.20. The maximum absolute atomic E-state index is 11.0. The molecule has 0 aromatic heterocycles. The van der Waals surface area contributed by atoms with Crippen LogP contribution < -0.4 is 19.7 Å². The van der Waals surface area contributed by atoms with Gasteiger partial charge in [0.2, 0.25) is 0 Å². The number of nitrogens with zero attached hydrogens (tertiary/aromatic N) is 3. The summed E-state index contributed by atoms with van der Waals surface area (Å²) in [4.78, 5) is 15.1. The van der Waals surface area contributed by atoms with Gasteiger partial charge in [0.05, 0.1) is 25.7 Å². The lowest BCUT2D eigenvalue weighted by atomic mass is 10.2. The van der Waals surface area contributed by atoms with Gasteiger partial charge in [0, 0.05) is 51.0 Å². The van der Waals surface area contributed by atoms with Gasteiger partial charge in [-0.1, -0.05) is 12.1 Å². The number of benzene rings is 2. The van der Waals surface area contributed by atoms with Crippen LogP contribution in [0.2, 0.25) is 0 Å². The van der Waals surface area contributed by atoms with E-state index in [2.05, 4.69) is 15.1 Å². The molecule has 170 valence electrons. The second kappa shape index (κ2) is 12.6. The molecule has 3 rings (SSSR count). The molecule has 0 saturated carbocycles. The van der Waals surface area contributed by atoms with E-state index in [9.17, 15) is 10.1 Å². The van der Waals surface area contributed by atoms with Crippen molar-refractivity contribution in [2.75, 3.05) is 70.3 Å². The van der Waals surface area contributed by atoms with Crippen LogP contribution in [0.25, 0.3) is 0 Å². The van der Waals surface area contributed by atoms with Crippen molar-refractivity contribution in [3.05, 3.63) is 52.6 Å². The van der Waals surface area contributed by atoms with E-state index in [1.54, 1.807) is 26.4 Å². The molecular formula is C22H32N4O5. The molecule has 0 aliphatic carbocycles. The number of nitro benzene ring substituents is 1. The molecule has 2 N–H and O–H groups in total. The average molecular weight is 433 g/mol. The van der Waals surface area contributed by atoms with Gasteiger partial charge in [0.25, 0.3) is 5.69 Å². The zero-order valence-electron chi connectivity index (χ0n) is 18.4. The van der Waals surface area contributed by atoms with Crippen molar-refractivity contribution in [3.8, 4) is 11.5 Å². The van der Waals surface area contributed by atoms with Crippen LogP contribution in [0.1, 0.15) is 6.92 Å². The third-order valence-electron chi connectivity index (χ3n) is 4.99. The smallest absolute Gasteiger partial charge is 0.292 e. The fourth-order valence-electron chi connectivity index (χ4n) is 3.37. The maximum Gasteiger partial charge on any atom is 0.292 e. The number of piperazine rings is 1. The van der Waals surface area contributed by atoms with Crippen LogP contribution in [0.3, 0.4) is 0 Å². The lowest BCUT2D eigenvalue weighted by Crippen LogP contribution is -2.47. The first-order chi connectivity index (χ1) is 15.0. The molecule has 1 saturated heterocycles. The third-order valence-corrected chi connectivity index (χ3v) is 4.99. The molecule has 1 fully saturated rings. The van der Waals surface area contributed by atoms with E-state index in [-0.39, 0.29) is 17.2 Å². The van der Waals surface area contributed by atoms with Gasteiger partial charge in [-0.2, -0.15) is 0 Å². The number of anilines is 2. The largest absolute Gasteiger partial charge is 0.493 e. The van der Waals surface area contributed by atoms with E-state index in [0.717, 1.165) is 43.4 Å². The van der Waals surface area contributed by atoms with Crippen molar-refractivity contribution in [2.45, 2.75) is 6.92 Å². The van der Waals surface area contributed by atoms with Gasteiger partial charge in [0.1, 0.15) is 5.69 Å². The molecule has 9 heteroatoms. The molecule has 0 spiro atoms. The molecule has 0 amide bonds. The number of methoxy groups -OCH3 is 2. The van der Waals surface area contributed by atoms with Crippen LogP contribution in [0.5, 0.6) is 11.5 Å². The number of nitro groups is 1. The first-order valence-corrected chi connectivity index (χ1v) is 10.3. The molecule has 2 aromatic rings. The van der Waals surface area contributed by atoms with Gasteiger partial charge in [-0.15, -0.1) is 0 Å². The summed E-state index contributed by atoms with van der Waals surface area (Å²) in [6.07, 6.45) is 0. The van der Waals surface area contributed by atoms with E-state index in [1.807, 2.05) is 37.3 Å². The standard InChI is InChI=1S/C14H22N4O3.C8H10O2/c1-2-15-13-11-12(3-4-14(13)18(20)21)17-7-5-16(6-8-17)9-10-19;1-9-7-5-3-4-6-8(7)10-2/h3-4,11,15,19H,2,5-10H2,1H3;3-6H,1-2H3. The van der Waals surface area contributed by atoms with Crippen LogP contribution in [-0.4, -0.2) is 75.0 Å². The van der Waals surface area contributed by atoms with Crippen LogP contribution in [0.4, 0.5) is 17.1 Å². The molecule has 1 aliphatic rings. The summed E-state index contributed by atoms with van der Waals surface area (Å²) >= 11 is 0. The van der Waals surface area contributed by atoms with Crippen LogP contribution in [0.15, 0.2) is 42.5 Å². The van der Waals surface area contributed by atoms with Crippen molar-refractivity contribution in [1.29, 1.82) is 0 Å². The number of hydrogen-bond acceptors (Lipinski definition) is 8. The lowest BCUT2D eigenvalue weighted by molar-refractivity contribution is -0.383. The maximum atomic E-state index is 11.0. The van der Waals surface area contributed by atoms with Crippen molar-refractivity contribution >= 4 is 17.1 Å². The molecule has 0 atom stereocenters. The summed E-state index contributed by atoms with van der Waals surface area (Å²) in [6, 6.07) is 12.7. The molecule has 0 unspecified atom stereocenters. The lowest BCUT2D eigenvalue weighted by Gasteiger charge is -2.35. The molecule has 9 nitrogen and oxygen atoms in total. The Morgan fingerprint density at radius 1 is 1.06 bits per heavy atom. The Labute approximate surface area is 183 Å². The van der Waals surface area contributed by atoms with Gasteiger partial charge in [0.15, 0.2) is 11.5 Å². The number of β-amino-alcohol motifs (C(OH)–C–C–N with tert-alkyl or cyclic N) is 1. The fourth-order valence-corrected chi connectivity index (χ4v) is 3.37. The molecule has 0 radical (unpaired) electrons. The van der Waals surface area contributed by atoms with Gasteiger partial charge in [-0.3, -0.25) is 15.0 Å². The van der Waals surface area contributed by atoms with Crippen molar-refractivity contribution in [3.63, 3.8) is 0 Å². The monoisotopic (exact) mass is 432 g/mol. The number of para-hydroxylation sites is 2.